The second-order valence-electron chi connectivity index (χ2n) is 3.81. The van der Waals surface area contributed by atoms with Crippen LogP contribution in [-0.4, -0.2) is 49.7 Å². The average Bonchev–Trinajstić information content (AvgIpc) is 2.69. The highest BCUT2D eigenvalue weighted by Gasteiger charge is 2.40. The number of piperazine rings is 1. The Labute approximate surface area is 78.9 Å². The molecule has 0 radical (unpaired) electrons. The van der Waals surface area contributed by atoms with Crippen molar-refractivity contribution in [2.24, 2.45) is 0 Å². The van der Waals surface area contributed by atoms with Crippen LogP contribution in [0, 0.1) is 11.3 Å². The molecule has 0 aromatic rings. The Morgan fingerprint density at radius 2 is 1.92 bits per heavy atom. The molecule has 0 amide bonds. The van der Waals surface area contributed by atoms with Gasteiger partial charge < -0.3 is 10.6 Å². The SMILES string of the molecule is N#CC1(N2CCNCC2)CCNC1. The first kappa shape index (κ1) is 8.95. The Bertz CT molecular complexity index is 208. The van der Waals surface area contributed by atoms with Gasteiger partial charge in [-0.05, 0) is 13.0 Å². The third-order valence-electron chi connectivity index (χ3n) is 3.06. The summed E-state index contributed by atoms with van der Waals surface area (Å²) in [6.45, 7) is 5.87. The van der Waals surface area contributed by atoms with Crippen molar-refractivity contribution in [3.8, 4) is 6.07 Å². The molecule has 0 aliphatic carbocycles. The van der Waals surface area contributed by atoms with Gasteiger partial charge in [-0.25, -0.2) is 0 Å². The number of hydrogen-bond donors (Lipinski definition) is 2. The second kappa shape index (κ2) is 3.62. The Hall–Kier alpha value is -0.630. The largest absolute Gasteiger partial charge is 0.314 e. The van der Waals surface area contributed by atoms with Crippen molar-refractivity contribution < 1.29 is 0 Å². The summed E-state index contributed by atoms with van der Waals surface area (Å²) in [5.74, 6) is 0. The molecule has 13 heavy (non-hydrogen) atoms. The summed E-state index contributed by atoms with van der Waals surface area (Å²) >= 11 is 0. The van der Waals surface area contributed by atoms with Crippen LogP contribution < -0.4 is 10.6 Å². The molecule has 2 N–H and O–H groups in total. The molecule has 4 nitrogen and oxygen atoms in total. The van der Waals surface area contributed by atoms with Crippen LogP contribution in [0.25, 0.3) is 0 Å². The molecule has 2 heterocycles. The van der Waals surface area contributed by atoms with E-state index in [-0.39, 0.29) is 5.54 Å². The van der Waals surface area contributed by atoms with E-state index in [1.807, 2.05) is 0 Å². The maximum Gasteiger partial charge on any atom is 0.123 e. The van der Waals surface area contributed by atoms with Crippen LogP contribution >= 0.6 is 0 Å². The summed E-state index contributed by atoms with van der Waals surface area (Å²) in [6.07, 6.45) is 0.976. The van der Waals surface area contributed by atoms with E-state index in [0.29, 0.717) is 0 Å². The number of hydrogen-bond acceptors (Lipinski definition) is 4. The highest BCUT2D eigenvalue weighted by atomic mass is 15.3. The van der Waals surface area contributed by atoms with E-state index in [9.17, 15) is 5.26 Å². The third-order valence-corrected chi connectivity index (χ3v) is 3.06. The number of rotatable bonds is 1. The van der Waals surface area contributed by atoms with Gasteiger partial charge in [0.15, 0.2) is 0 Å². The molecule has 4 heteroatoms. The molecule has 2 saturated heterocycles. The van der Waals surface area contributed by atoms with Crippen LogP contribution in [0.3, 0.4) is 0 Å². The summed E-state index contributed by atoms with van der Waals surface area (Å²) in [6, 6.07) is 2.48. The molecule has 1 unspecified atom stereocenters. The molecule has 0 spiro atoms. The van der Waals surface area contributed by atoms with Gasteiger partial charge in [0.2, 0.25) is 0 Å². The molecular weight excluding hydrogens is 164 g/mol. The van der Waals surface area contributed by atoms with Crippen molar-refractivity contribution in [1.29, 1.82) is 5.26 Å². The zero-order valence-corrected chi connectivity index (χ0v) is 7.84. The van der Waals surface area contributed by atoms with E-state index < -0.39 is 0 Å². The summed E-state index contributed by atoms with van der Waals surface area (Å²) in [5.41, 5.74) is -0.206. The van der Waals surface area contributed by atoms with E-state index >= 15 is 0 Å². The van der Waals surface area contributed by atoms with Gasteiger partial charge in [-0.2, -0.15) is 5.26 Å². The van der Waals surface area contributed by atoms with Gasteiger partial charge in [0.05, 0.1) is 6.07 Å². The summed E-state index contributed by atoms with van der Waals surface area (Å²) in [4.78, 5) is 2.32. The first-order valence-corrected chi connectivity index (χ1v) is 4.95. The highest BCUT2D eigenvalue weighted by Crippen LogP contribution is 2.22. The molecule has 1 atom stereocenters. The lowest BCUT2D eigenvalue weighted by molar-refractivity contribution is 0.133. The Morgan fingerprint density at radius 3 is 2.46 bits per heavy atom. The minimum absolute atomic E-state index is 0.206. The van der Waals surface area contributed by atoms with Crippen LogP contribution in [0.4, 0.5) is 0 Å². The zero-order valence-electron chi connectivity index (χ0n) is 7.84. The molecule has 0 bridgehead atoms. The van der Waals surface area contributed by atoms with Gasteiger partial charge in [-0.15, -0.1) is 0 Å². The van der Waals surface area contributed by atoms with E-state index in [2.05, 4.69) is 21.6 Å². The average molecular weight is 180 g/mol. The first-order chi connectivity index (χ1) is 6.37. The van der Waals surface area contributed by atoms with E-state index in [1.54, 1.807) is 0 Å². The molecule has 0 aromatic carbocycles. The standard InChI is InChI=1S/C9H16N4/c10-7-9(1-2-12-8-9)13-5-3-11-4-6-13/h11-12H,1-6,8H2. The van der Waals surface area contributed by atoms with Crippen molar-refractivity contribution in [3.63, 3.8) is 0 Å². The van der Waals surface area contributed by atoms with Gasteiger partial charge in [0.25, 0.3) is 0 Å². The highest BCUT2D eigenvalue weighted by molar-refractivity contribution is 5.13. The molecule has 72 valence electrons. The van der Waals surface area contributed by atoms with Gasteiger partial charge in [-0.1, -0.05) is 0 Å². The molecular formula is C9H16N4. The van der Waals surface area contributed by atoms with Crippen molar-refractivity contribution in [2.45, 2.75) is 12.0 Å². The predicted octanol–water partition coefficient (Wildman–Crippen LogP) is -0.853. The fourth-order valence-corrected chi connectivity index (χ4v) is 2.21. The Morgan fingerprint density at radius 1 is 1.15 bits per heavy atom. The number of nitrogens with one attached hydrogen (secondary N) is 2. The van der Waals surface area contributed by atoms with Crippen molar-refractivity contribution >= 4 is 0 Å². The van der Waals surface area contributed by atoms with Crippen LogP contribution in [0.2, 0.25) is 0 Å². The fraction of sp³-hybridized carbons (Fsp3) is 0.889. The Balaban J connectivity index is 2.06. The van der Waals surface area contributed by atoms with Gasteiger partial charge in [0.1, 0.15) is 5.54 Å². The minimum atomic E-state index is -0.206. The molecule has 0 aromatic heterocycles. The van der Waals surface area contributed by atoms with Gasteiger partial charge in [0, 0.05) is 32.7 Å². The zero-order chi connectivity index (χ0) is 9.15. The first-order valence-electron chi connectivity index (χ1n) is 4.95. The predicted molar refractivity (Wildman–Crippen MR) is 50.3 cm³/mol. The monoisotopic (exact) mass is 180 g/mol. The molecule has 2 fully saturated rings. The second-order valence-corrected chi connectivity index (χ2v) is 3.81. The van der Waals surface area contributed by atoms with Crippen LogP contribution in [0.5, 0.6) is 0 Å². The van der Waals surface area contributed by atoms with Crippen molar-refractivity contribution in [2.75, 3.05) is 39.3 Å². The summed E-state index contributed by atoms with van der Waals surface area (Å²) in [5, 5.41) is 15.8. The van der Waals surface area contributed by atoms with Gasteiger partial charge >= 0.3 is 0 Å². The molecule has 2 aliphatic heterocycles. The molecule has 2 aliphatic rings. The lowest BCUT2D eigenvalue weighted by Gasteiger charge is -2.38. The lowest BCUT2D eigenvalue weighted by atomic mass is 9.97. The van der Waals surface area contributed by atoms with E-state index in [4.69, 9.17) is 0 Å². The van der Waals surface area contributed by atoms with Crippen LogP contribution in [0.1, 0.15) is 6.42 Å². The van der Waals surface area contributed by atoms with E-state index in [1.165, 1.54) is 0 Å². The Kier molecular flexibility index (Phi) is 2.49. The quantitative estimate of drug-likeness (QED) is 0.552. The maximum absolute atomic E-state index is 9.22. The third kappa shape index (κ3) is 1.55. The van der Waals surface area contributed by atoms with Crippen LogP contribution in [0.15, 0.2) is 0 Å². The number of nitrogens with zero attached hydrogens (tertiary/aromatic N) is 2. The smallest absolute Gasteiger partial charge is 0.123 e. The molecule has 2 rings (SSSR count). The topological polar surface area (TPSA) is 51.1 Å². The summed E-state index contributed by atoms with van der Waals surface area (Å²) in [7, 11) is 0. The van der Waals surface area contributed by atoms with Crippen molar-refractivity contribution in [3.05, 3.63) is 0 Å². The minimum Gasteiger partial charge on any atom is -0.314 e. The number of nitriles is 1. The maximum atomic E-state index is 9.22. The normalized spacial score (nSPS) is 35.9. The molecule has 0 saturated carbocycles. The lowest BCUT2D eigenvalue weighted by Crippen LogP contribution is -2.56. The van der Waals surface area contributed by atoms with Gasteiger partial charge in [-0.3, -0.25) is 4.90 Å². The fourth-order valence-electron chi connectivity index (χ4n) is 2.21. The summed E-state index contributed by atoms with van der Waals surface area (Å²) < 4.78 is 0. The van der Waals surface area contributed by atoms with Crippen LogP contribution in [-0.2, 0) is 0 Å². The van der Waals surface area contributed by atoms with Crippen molar-refractivity contribution in [1.82, 2.24) is 15.5 Å². The van der Waals surface area contributed by atoms with E-state index in [0.717, 1.165) is 45.7 Å².